The summed E-state index contributed by atoms with van der Waals surface area (Å²) in [6, 6.07) is 35.4. The fourth-order valence-electron chi connectivity index (χ4n) is 4.95. The molecule has 0 radical (unpaired) electrons. The summed E-state index contributed by atoms with van der Waals surface area (Å²) in [5, 5.41) is 8.47. The quantitative estimate of drug-likeness (QED) is 0.0834. The smallest absolute Gasteiger partial charge is 0.272 e. The molecule has 3 amide bonds. The van der Waals surface area contributed by atoms with E-state index in [1.807, 2.05) is 36.4 Å². The number of nitrogens with one attached hydrogen (secondary N) is 3. The zero-order chi connectivity index (χ0) is 35.5. The van der Waals surface area contributed by atoms with Crippen LogP contribution in [0.3, 0.4) is 0 Å². The van der Waals surface area contributed by atoms with Crippen LogP contribution in [0, 0.1) is 0 Å². The molecule has 0 saturated heterocycles. The molecule has 1 atom stereocenters. The lowest BCUT2D eigenvalue weighted by atomic mass is 10.1. The maximum atomic E-state index is 13.8. The Kier molecular flexibility index (Phi) is 12.2. The summed E-state index contributed by atoms with van der Waals surface area (Å²) in [6.07, 6.45) is 1.52. The third kappa shape index (κ3) is 9.25. The number of ether oxygens (including phenoxy) is 3. The first kappa shape index (κ1) is 35.6. The maximum absolute atomic E-state index is 13.8. The molecule has 11 heteroatoms. The molecule has 0 aliphatic carbocycles. The molecule has 0 heterocycles. The van der Waals surface area contributed by atoms with Gasteiger partial charge in [0.1, 0.15) is 10.9 Å². The molecule has 5 aromatic carbocycles. The van der Waals surface area contributed by atoms with E-state index in [4.69, 9.17) is 25.8 Å². The van der Waals surface area contributed by atoms with Crippen molar-refractivity contribution in [1.82, 2.24) is 5.32 Å². The Bertz CT molecular complexity index is 1980. The molecule has 0 spiro atoms. The number of hydrogen-bond donors (Lipinski definition) is 3. The molecule has 1 unspecified atom stereocenters. The van der Waals surface area contributed by atoms with Crippen LogP contribution < -0.4 is 30.2 Å². The molecule has 5 aromatic rings. The number of rotatable bonds is 13. The molecule has 50 heavy (non-hydrogen) atoms. The minimum atomic E-state index is -0.623. The lowest BCUT2D eigenvalue weighted by Gasteiger charge is -2.18. The van der Waals surface area contributed by atoms with Crippen molar-refractivity contribution >= 4 is 58.5 Å². The average molecular weight is 708 g/mol. The van der Waals surface area contributed by atoms with Crippen LogP contribution in [-0.4, -0.2) is 39.1 Å². The van der Waals surface area contributed by atoms with Gasteiger partial charge in [-0.05, 0) is 77.9 Å². The van der Waals surface area contributed by atoms with Gasteiger partial charge in [-0.1, -0.05) is 72.3 Å². The van der Waals surface area contributed by atoms with Crippen molar-refractivity contribution in [3.63, 3.8) is 0 Å². The molecule has 9 nitrogen and oxygen atoms in total. The van der Waals surface area contributed by atoms with E-state index in [9.17, 15) is 14.4 Å². The number of benzene rings is 5. The molecule has 254 valence electrons. The number of thioether (sulfide) groups is 1. The minimum absolute atomic E-state index is 0.0331. The highest BCUT2D eigenvalue weighted by atomic mass is 35.5. The van der Waals surface area contributed by atoms with Gasteiger partial charge in [-0.25, -0.2) is 0 Å². The average Bonchev–Trinajstić information content (AvgIpc) is 3.13. The standard InChI is InChI=1S/C39H34ClN3O6S/c1-47-33-21-25(22-34(48-2)35(33)49-3)20-32(43-37(44)27-14-8-5-9-15-27)38(45)41-30-18-11-19-31(24-30)50-36(26-12-6-4-7-13-26)39(46)42-29-17-10-16-28(40)23-29/h4-24,36H,1-3H3,(H,41,45)(H,42,46)(H,43,44)/b32-20+. The Morgan fingerprint density at radius 2 is 1.32 bits per heavy atom. The number of halogens is 1. The van der Waals surface area contributed by atoms with Crippen LogP contribution >= 0.6 is 23.4 Å². The predicted octanol–water partition coefficient (Wildman–Crippen LogP) is 8.25. The van der Waals surface area contributed by atoms with Gasteiger partial charge in [0.25, 0.3) is 11.8 Å². The van der Waals surface area contributed by atoms with Crippen molar-refractivity contribution in [2.24, 2.45) is 0 Å². The van der Waals surface area contributed by atoms with Gasteiger partial charge in [-0.2, -0.15) is 0 Å². The Labute approximate surface area is 299 Å². The lowest BCUT2D eigenvalue weighted by Crippen LogP contribution is -2.30. The van der Waals surface area contributed by atoms with E-state index in [2.05, 4.69) is 16.0 Å². The van der Waals surface area contributed by atoms with Crippen molar-refractivity contribution in [2.75, 3.05) is 32.0 Å². The van der Waals surface area contributed by atoms with Gasteiger partial charge in [0.05, 0.1) is 21.3 Å². The lowest BCUT2D eigenvalue weighted by molar-refractivity contribution is -0.116. The number of hydrogen-bond acceptors (Lipinski definition) is 7. The van der Waals surface area contributed by atoms with E-state index in [0.29, 0.717) is 44.8 Å². The molecule has 0 bridgehead atoms. The molecule has 0 aliphatic heterocycles. The first-order valence-corrected chi connectivity index (χ1v) is 16.6. The summed E-state index contributed by atoms with van der Waals surface area (Å²) < 4.78 is 16.4. The summed E-state index contributed by atoms with van der Waals surface area (Å²) in [4.78, 5) is 41.4. The minimum Gasteiger partial charge on any atom is -0.493 e. The predicted molar refractivity (Wildman–Crippen MR) is 198 cm³/mol. The van der Waals surface area contributed by atoms with Crippen LogP contribution in [-0.2, 0) is 9.59 Å². The van der Waals surface area contributed by atoms with Gasteiger partial charge in [0, 0.05) is 26.9 Å². The SMILES string of the molecule is COc1cc(/C=C(/NC(=O)c2ccccc2)C(=O)Nc2cccc(SC(C(=O)Nc3cccc(Cl)c3)c3ccccc3)c2)cc(OC)c1OC. The van der Waals surface area contributed by atoms with E-state index in [1.165, 1.54) is 39.2 Å². The van der Waals surface area contributed by atoms with E-state index in [0.717, 1.165) is 10.5 Å². The second kappa shape index (κ2) is 17.1. The van der Waals surface area contributed by atoms with Crippen molar-refractivity contribution in [3.8, 4) is 17.2 Å². The van der Waals surface area contributed by atoms with Crippen molar-refractivity contribution in [3.05, 3.63) is 149 Å². The Balaban J connectivity index is 1.43. The molecule has 0 saturated carbocycles. The fourth-order valence-corrected chi connectivity index (χ4v) is 6.22. The highest BCUT2D eigenvalue weighted by molar-refractivity contribution is 8.00. The first-order chi connectivity index (χ1) is 24.3. The van der Waals surface area contributed by atoms with Gasteiger partial charge < -0.3 is 30.2 Å². The number of carbonyl (C=O) groups is 3. The van der Waals surface area contributed by atoms with Crippen molar-refractivity contribution < 1.29 is 28.6 Å². The summed E-state index contributed by atoms with van der Waals surface area (Å²) in [5.74, 6) is -0.148. The summed E-state index contributed by atoms with van der Waals surface area (Å²) >= 11 is 7.47. The van der Waals surface area contributed by atoms with Gasteiger partial charge >= 0.3 is 0 Å². The Hall–Kier alpha value is -5.71. The monoisotopic (exact) mass is 707 g/mol. The zero-order valence-electron chi connectivity index (χ0n) is 27.4. The van der Waals surface area contributed by atoms with Crippen LogP contribution in [0.2, 0.25) is 5.02 Å². The van der Waals surface area contributed by atoms with Crippen LogP contribution in [0.5, 0.6) is 17.2 Å². The number of carbonyl (C=O) groups excluding carboxylic acids is 3. The Morgan fingerprint density at radius 3 is 1.94 bits per heavy atom. The number of anilines is 2. The van der Waals surface area contributed by atoms with E-state index in [-0.39, 0.29) is 11.6 Å². The van der Waals surface area contributed by atoms with Gasteiger partial charge in [-0.3, -0.25) is 14.4 Å². The van der Waals surface area contributed by atoms with Crippen LogP contribution in [0.4, 0.5) is 11.4 Å². The van der Waals surface area contributed by atoms with Gasteiger partial charge in [-0.15, -0.1) is 11.8 Å². The highest BCUT2D eigenvalue weighted by Gasteiger charge is 2.23. The molecular weight excluding hydrogens is 674 g/mol. The molecule has 5 rings (SSSR count). The van der Waals surface area contributed by atoms with Crippen LogP contribution in [0.15, 0.2) is 132 Å². The van der Waals surface area contributed by atoms with E-state index in [1.54, 1.807) is 84.9 Å². The maximum Gasteiger partial charge on any atom is 0.272 e. The summed E-state index contributed by atoms with van der Waals surface area (Å²) in [7, 11) is 4.47. The van der Waals surface area contributed by atoms with E-state index < -0.39 is 17.1 Å². The van der Waals surface area contributed by atoms with Crippen LogP contribution in [0.25, 0.3) is 6.08 Å². The summed E-state index contributed by atoms with van der Waals surface area (Å²) in [6.45, 7) is 0. The van der Waals surface area contributed by atoms with Crippen LogP contribution in [0.1, 0.15) is 26.7 Å². The fraction of sp³-hybridized carbons (Fsp3) is 0.103. The second-order valence-electron chi connectivity index (χ2n) is 10.7. The zero-order valence-corrected chi connectivity index (χ0v) is 29.0. The third-order valence-electron chi connectivity index (χ3n) is 7.31. The van der Waals surface area contributed by atoms with Crippen molar-refractivity contribution in [1.29, 1.82) is 0 Å². The topological polar surface area (TPSA) is 115 Å². The molecule has 0 fully saturated rings. The Morgan fingerprint density at radius 1 is 0.700 bits per heavy atom. The normalized spacial score (nSPS) is 11.6. The highest BCUT2D eigenvalue weighted by Crippen LogP contribution is 2.39. The molecule has 0 aromatic heterocycles. The van der Waals surface area contributed by atoms with Gasteiger partial charge in [0.15, 0.2) is 11.5 Å². The molecular formula is C39H34ClN3O6S. The number of amides is 3. The molecule has 3 N–H and O–H groups in total. The van der Waals surface area contributed by atoms with Gasteiger partial charge in [0.2, 0.25) is 11.7 Å². The molecule has 0 aliphatic rings. The first-order valence-electron chi connectivity index (χ1n) is 15.4. The second-order valence-corrected chi connectivity index (χ2v) is 12.3. The van der Waals surface area contributed by atoms with Crippen molar-refractivity contribution in [2.45, 2.75) is 10.1 Å². The number of methoxy groups -OCH3 is 3. The van der Waals surface area contributed by atoms with E-state index >= 15 is 0 Å². The third-order valence-corrected chi connectivity index (χ3v) is 8.79. The summed E-state index contributed by atoms with van der Waals surface area (Å²) in [5.41, 5.74) is 2.68. The largest absolute Gasteiger partial charge is 0.493 e.